The minimum Gasteiger partial charge on any atom is -0.335 e. The topological polar surface area (TPSA) is 25.2 Å². The van der Waals surface area contributed by atoms with Crippen LogP contribution in [0.25, 0.3) is 10.2 Å². The molecule has 2 aromatic carbocycles. The number of nitrogens with zero attached hydrogens (tertiary/aromatic N) is 2. The number of hydrogen-bond donors (Lipinski definition) is 0. The first kappa shape index (κ1) is 20.2. The Kier molecular flexibility index (Phi) is 6.15. The Morgan fingerprint density at radius 2 is 1.83 bits per heavy atom. The molecule has 0 fully saturated rings. The lowest BCUT2D eigenvalue weighted by atomic mass is 10.1. The smallest absolute Gasteiger partial charge is 0.271 e. The second-order valence-corrected chi connectivity index (χ2v) is 8.49. The number of rotatable bonds is 8. The Morgan fingerprint density at radius 1 is 1.07 bits per heavy atom. The van der Waals surface area contributed by atoms with E-state index in [2.05, 4.69) is 78.0 Å². The summed E-state index contributed by atoms with van der Waals surface area (Å²) in [5, 5.41) is 2.09. The highest BCUT2D eigenvalue weighted by molar-refractivity contribution is 7.17. The largest absolute Gasteiger partial charge is 0.335 e. The van der Waals surface area contributed by atoms with Gasteiger partial charge in [0.25, 0.3) is 5.91 Å². The van der Waals surface area contributed by atoms with Gasteiger partial charge < -0.3 is 9.47 Å². The molecule has 0 unspecified atom stereocenters. The SMILES string of the molecule is C=CCN(Cc1ccc(C)cc1)C(=O)c1cc2sccc2n1CCc1ccccc1. The Labute approximate surface area is 181 Å². The van der Waals surface area contributed by atoms with Crippen molar-refractivity contribution in [3.05, 3.63) is 107 Å². The van der Waals surface area contributed by atoms with Gasteiger partial charge in [-0.2, -0.15) is 0 Å². The molecule has 30 heavy (non-hydrogen) atoms. The van der Waals surface area contributed by atoms with Crippen molar-refractivity contribution < 1.29 is 4.79 Å². The summed E-state index contributed by atoms with van der Waals surface area (Å²) in [5.74, 6) is 0.0481. The third kappa shape index (κ3) is 4.39. The van der Waals surface area contributed by atoms with Gasteiger partial charge in [0.15, 0.2) is 0 Å². The van der Waals surface area contributed by atoms with Gasteiger partial charge in [-0.3, -0.25) is 4.79 Å². The molecule has 2 aromatic heterocycles. The first-order valence-electron chi connectivity index (χ1n) is 10.2. The van der Waals surface area contributed by atoms with Gasteiger partial charge in [0.1, 0.15) is 5.69 Å². The van der Waals surface area contributed by atoms with E-state index in [-0.39, 0.29) is 5.91 Å². The highest BCUT2D eigenvalue weighted by atomic mass is 32.1. The maximum absolute atomic E-state index is 13.6. The zero-order valence-corrected chi connectivity index (χ0v) is 18.1. The lowest BCUT2D eigenvalue weighted by molar-refractivity contribution is 0.0752. The normalized spacial score (nSPS) is 11.0. The predicted octanol–water partition coefficient (Wildman–Crippen LogP) is 6.08. The third-order valence-electron chi connectivity index (χ3n) is 5.34. The number of aromatic nitrogens is 1. The molecular formula is C26H26N2OS. The molecule has 4 aromatic rings. The van der Waals surface area contributed by atoms with Crippen LogP contribution in [0.1, 0.15) is 27.2 Å². The summed E-state index contributed by atoms with van der Waals surface area (Å²) in [6.07, 6.45) is 2.69. The van der Waals surface area contributed by atoms with E-state index in [1.807, 2.05) is 17.0 Å². The quantitative estimate of drug-likeness (QED) is 0.321. The molecule has 0 aliphatic heterocycles. The van der Waals surface area contributed by atoms with Crippen molar-refractivity contribution in [3.8, 4) is 0 Å². The molecule has 1 amide bonds. The number of aryl methyl sites for hydroxylation is 3. The molecule has 3 nitrogen and oxygen atoms in total. The number of hydrogen-bond acceptors (Lipinski definition) is 2. The number of benzene rings is 2. The van der Waals surface area contributed by atoms with Crippen molar-refractivity contribution in [2.24, 2.45) is 0 Å². The Bertz CT molecular complexity index is 1140. The van der Waals surface area contributed by atoms with Crippen LogP contribution < -0.4 is 0 Å². The summed E-state index contributed by atoms with van der Waals surface area (Å²) in [6, 6.07) is 22.9. The number of thiophene rings is 1. The maximum Gasteiger partial charge on any atom is 0.271 e. The minimum absolute atomic E-state index is 0.0481. The molecule has 152 valence electrons. The molecular weight excluding hydrogens is 388 g/mol. The number of fused-ring (bicyclic) bond motifs is 1. The molecule has 0 saturated heterocycles. The summed E-state index contributed by atoms with van der Waals surface area (Å²) in [7, 11) is 0. The molecule has 4 rings (SSSR count). The zero-order valence-electron chi connectivity index (χ0n) is 17.3. The van der Waals surface area contributed by atoms with Crippen molar-refractivity contribution >= 4 is 27.5 Å². The van der Waals surface area contributed by atoms with Crippen LogP contribution in [0.4, 0.5) is 0 Å². The summed E-state index contributed by atoms with van der Waals surface area (Å²) >= 11 is 1.68. The summed E-state index contributed by atoms with van der Waals surface area (Å²) in [4.78, 5) is 15.4. The fourth-order valence-corrected chi connectivity index (χ4v) is 4.55. The van der Waals surface area contributed by atoms with E-state index in [0.717, 1.165) is 34.4 Å². The zero-order chi connectivity index (χ0) is 20.9. The molecule has 0 atom stereocenters. The second-order valence-electron chi connectivity index (χ2n) is 7.55. The van der Waals surface area contributed by atoms with Crippen LogP contribution in [0.2, 0.25) is 0 Å². The van der Waals surface area contributed by atoms with Gasteiger partial charge in [0.2, 0.25) is 0 Å². The molecule has 0 saturated carbocycles. The van der Waals surface area contributed by atoms with Gasteiger partial charge in [-0.25, -0.2) is 0 Å². The van der Waals surface area contributed by atoms with Gasteiger partial charge >= 0.3 is 0 Å². The van der Waals surface area contributed by atoms with Crippen LogP contribution in [0.15, 0.2) is 84.8 Å². The summed E-state index contributed by atoms with van der Waals surface area (Å²) < 4.78 is 3.33. The minimum atomic E-state index is 0.0481. The molecule has 2 heterocycles. The van der Waals surface area contributed by atoms with Crippen LogP contribution in [0.5, 0.6) is 0 Å². The molecule has 0 bridgehead atoms. The lowest BCUT2D eigenvalue weighted by Crippen LogP contribution is -2.32. The van der Waals surface area contributed by atoms with E-state index in [0.29, 0.717) is 13.1 Å². The summed E-state index contributed by atoms with van der Waals surface area (Å²) in [6.45, 7) is 7.80. The Morgan fingerprint density at radius 3 is 2.57 bits per heavy atom. The van der Waals surface area contributed by atoms with Crippen molar-refractivity contribution in [1.82, 2.24) is 9.47 Å². The third-order valence-corrected chi connectivity index (χ3v) is 6.19. The van der Waals surface area contributed by atoms with Gasteiger partial charge in [-0.05, 0) is 42.0 Å². The van der Waals surface area contributed by atoms with E-state index < -0.39 is 0 Å². The van der Waals surface area contributed by atoms with Crippen molar-refractivity contribution in [2.45, 2.75) is 26.4 Å². The van der Waals surface area contributed by atoms with Gasteiger partial charge in [-0.1, -0.05) is 66.2 Å². The molecule has 0 aliphatic carbocycles. The predicted molar refractivity (Wildman–Crippen MR) is 126 cm³/mol. The Hall–Kier alpha value is -3.11. The fourth-order valence-electron chi connectivity index (χ4n) is 3.73. The Balaban J connectivity index is 1.62. The molecule has 0 N–H and O–H groups in total. The number of carbonyl (C=O) groups excluding carboxylic acids is 1. The van der Waals surface area contributed by atoms with E-state index in [1.54, 1.807) is 17.4 Å². The van der Waals surface area contributed by atoms with Gasteiger partial charge in [-0.15, -0.1) is 17.9 Å². The molecule has 4 heteroatoms. The average molecular weight is 415 g/mol. The fraction of sp³-hybridized carbons (Fsp3) is 0.192. The highest BCUT2D eigenvalue weighted by Gasteiger charge is 2.21. The first-order valence-corrected chi connectivity index (χ1v) is 11.1. The monoisotopic (exact) mass is 414 g/mol. The van der Waals surface area contributed by atoms with Gasteiger partial charge in [0.05, 0.1) is 10.2 Å². The number of amides is 1. The van der Waals surface area contributed by atoms with E-state index in [4.69, 9.17) is 0 Å². The van der Waals surface area contributed by atoms with Crippen LogP contribution >= 0.6 is 11.3 Å². The van der Waals surface area contributed by atoms with Crippen LogP contribution in [0.3, 0.4) is 0 Å². The van der Waals surface area contributed by atoms with Crippen molar-refractivity contribution in [1.29, 1.82) is 0 Å². The maximum atomic E-state index is 13.6. The molecule has 0 spiro atoms. The first-order chi connectivity index (χ1) is 14.7. The average Bonchev–Trinajstić information content (AvgIpc) is 3.35. The van der Waals surface area contributed by atoms with Crippen molar-refractivity contribution in [3.63, 3.8) is 0 Å². The van der Waals surface area contributed by atoms with E-state index >= 15 is 0 Å². The lowest BCUT2D eigenvalue weighted by Gasteiger charge is -2.22. The highest BCUT2D eigenvalue weighted by Crippen LogP contribution is 2.27. The van der Waals surface area contributed by atoms with E-state index in [9.17, 15) is 4.79 Å². The molecule has 0 radical (unpaired) electrons. The van der Waals surface area contributed by atoms with Crippen LogP contribution in [0, 0.1) is 6.92 Å². The standard InChI is InChI=1S/C26H26N2OS/c1-3-15-27(19-22-11-9-20(2)10-12-22)26(29)24-18-25-23(14-17-30-25)28(24)16-13-21-7-5-4-6-8-21/h3-12,14,17-18H,1,13,15-16,19H2,2H3. The number of carbonyl (C=O) groups is 1. The van der Waals surface area contributed by atoms with Crippen molar-refractivity contribution in [2.75, 3.05) is 6.54 Å². The van der Waals surface area contributed by atoms with Crippen LogP contribution in [-0.4, -0.2) is 21.9 Å². The van der Waals surface area contributed by atoms with Crippen LogP contribution in [-0.2, 0) is 19.5 Å². The summed E-state index contributed by atoms with van der Waals surface area (Å²) in [5.41, 5.74) is 5.50. The molecule has 0 aliphatic rings. The van der Waals surface area contributed by atoms with E-state index in [1.165, 1.54) is 11.1 Å². The second kappa shape index (κ2) is 9.14. The van der Waals surface area contributed by atoms with Gasteiger partial charge in [0, 0.05) is 19.6 Å².